The van der Waals surface area contributed by atoms with Crippen molar-refractivity contribution in [2.45, 2.75) is 81.9 Å². The van der Waals surface area contributed by atoms with Crippen LogP contribution in [0.5, 0.6) is 0 Å². The van der Waals surface area contributed by atoms with Gasteiger partial charge < -0.3 is 0 Å². The van der Waals surface area contributed by atoms with E-state index >= 15 is 0 Å². The number of hydrogen-bond donors (Lipinski definition) is 0. The van der Waals surface area contributed by atoms with Crippen LogP contribution in [0.15, 0.2) is 24.3 Å². The first-order valence-electron chi connectivity index (χ1n) is 9.46. The van der Waals surface area contributed by atoms with Crippen LogP contribution in [0.25, 0.3) is 0 Å². The van der Waals surface area contributed by atoms with Crippen molar-refractivity contribution < 1.29 is 0 Å². The Morgan fingerprint density at radius 3 is 2.30 bits per heavy atom. The third-order valence-electron chi connectivity index (χ3n) is 6.68. The fourth-order valence-electron chi connectivity index (χ4n) is 5.31. The summed E-state index contributed by atoms with van der Waals surface area (Å²) in [7, 11) is -0.723. The number of halogens is 1. The van der Waals surface area contributed by atoms with E-state index in [2.05, 4.69) is 52.0 Å². The van der Waals surface area contributed by atoms with Crippen LogP contribution < -0.4 is 10.6 Å². The van der Waals surface area contributed by atoms with E-state index in [9.17, 15) is 0 Å². The van der Waals surface area contributed by atoms with E-state index < -0.39 is 7.26 Å². The van der Waals surface area contributed by atoms with Crippen molar-refractivity contribution in [1.29, 1.82) is 0 Å². The molecule has 6 atom stereocenters. The van der Waals surface area contributed by atoms with Gasteiger partial charge in [-0.05, 0) is 0 Å². The van der Waals surface area contributed by atoms with Gasteiger partial charge in [-0.3, -0.25) is 0 Å². The average Bonchev–Trinajstić information content (AvgIpc) is 2.81. The Hall–Kier alpha value is 0.370. The predicted octanol–water partition coefficient (Wildman–Crippen LogP) is 5.71. The summed E-state index contributed by atoms with van der Waals surface area (Å²) in [5.74, 6) is 0.777. The van der Waals surface area contributed by atoms with Crippen LogP contribution in [0.3, 0.4) is 0 Å². The van der Waals surface area contributed by atoms with Gasteiger partial charge in [-0.15, -0.1) is 0 Å². The zero-order chi connectivity index (χ0) is 16.6. The maximum atomic E-state index is 7.30. The Bertz CT molecular complexity index is 534. The molecule has 2 aliphatic rings. The minimum absolute atomic E-state index is 0.407. The number of alkyl halides is 1. The van der Waals surface area contributed by atoms with Crippen LogP contribution in [-0.4, -0.2) is 22.1 Å². The molecule has 0 N–H and O–H groups in total. The Morgan fingerprint density at radius 2 is 1.61 bits per heavy atom. The van der Waals surface area contributed by atoms with Gasteiger partial charge >= 0.3 is 150 Å². The van der Waals surface area contributed by atoms with Gasteiger partial charge in [-0.2, -0.15) is 0 Å². The van der Waals surface area contributed by atoms with E-state index in [1.54, 1.807) is 10.6 Å². The molecule has 1 aromatic carbocycles. The molecule has 1 saturated heterocycles. The SMILES string of the molecule is C[C@H]1CC[C@H](C)Pc2ccccc2[PH]2(C(Cl)C1)[C@@H](C)CC[C@@H]2C. The standard InChI is InChI=1S/C20H33ClP2/c1-14-9-10-15(2)22-18-7-5-6-8-19(18)23(20(21)13-14)16(3)11-12-17(23)4/h5-8,14-17,20,22-23H,9-13H2,1-4H3/t14-,15-,16-,17-,20?/m0/s1. The van der Waals surface area contributed by atoms with Gasteiger partial charge in [0.05, 0.1) is 0 Å². The second-order valence-corrected chi connectivity index (χ2v) is 16.1. The zero-order valence-electron chi connectivity index (χ0n) is 15.1. The van der Waals surface area contributed by atoms with Gasteiger partial charge in [0.15, 0.2) is 0 Å². The Morgan fingerprint density at radius 1 is 0.957 bits per heavy atom. The number of benzene rings is 1. The molecule has 0 bridgehead atoms. The molecule has 1 spiro atoms. The van der Waals surface area contributed by atoms with Gasteiger partial charge in [-0.1, -0.05) is 0 Å². The van der Waals surface area contributed by atoms with Crippen molar-refractivity contribution in [3.63, 3.8) is 0 Å². The van der Waals surface area contributed by atoms with Crippen molar-refractivity contribution in [2.24, 2.45) is 5.92 Å². The van der Waals surface area contributed by atoms with Crippen molar-refractivity contribution in [3.8, 4) is 0 Å². The second-order valence-electron chi connectivity index (χ2n) is 8.29. The van der Waals surface area contributed by atoms with Gasteiger partial charge in [0.25, 0.3) is 0 Å². The maximum absolute atomic E-state index is 7.30. The summed E-state index contributed by atoms with van der Waals surface area (Å²) in [4.78, 5) is 0. The van der Waals surface area contributed by atoms with Crippen molar-refractivity contribution >= 4 is 38.1 Å². The number of rotatable bonds is 0. The second kappa shape index (κ2) is 7.32. The Labute approximate surface area is 150 Å². The summed E-state index contributed by atoms with van der Waals surface area (Å²) in [6.45, 7) is 9.93. The first-order valence-corrected chi connectivity index (χ1v) is 13.2. The van der Waals surface area contributed by atoms with E-state index in [0.29, 0.717) is 5.12 Å². The molecular formula is C20H33ClP2. The van der Waals surface area contributed by atoms with Crippen LogP contribution >= 0.6 is 27.4 Å². The van der Waals surface area contributed by atoms with Crippen LogP contribution in [0, 0.1) is 5.92 Å². The third kappa shape index (κ3) is 3.26. The van der Waals surface area contributed by atoms with Gasteiger partial charge in [0.1, 0.15) is 0 Å². The molecule has 2 unspecified atom stereocenters. The van der Waals surface area contributed by atoms with Gasteiger partial charge in [-0.25, -0.2) is 0 Å². The van der Waals surface area contributed by atoms with E-state index in [1.807, 2.05) is 0 Å². The first kappa shape index (κ1) is 18.2. The minimum atomic E-state index is -1.69. The molecule has 2 heterocycles. The zero-order valence-corrected chi connectivity index (χ0v) is 17.9. The first-order chi connectivity index (χ1) is 11.0. The Kier molecular flexibility index (Phi) is 5.78. The Balaban J connectivity index is 2.15. The molecule has 2 aliphatic heterocycles. The quantitative estimate of drug-likeness (QED) is 0.405. The number of fused-ring (bicyclic) bond motifs is 2. The van der Waals surface area contributed by atoms with E-state index in [1.165, 1.54) is 32.1 Å². The summed E-state index contributed by atoms with van der Waals surface area (Å²) >= 11 is 7.30. The molecule has 0 aliphatic carbocycles. The van der Waals surface area contributed by atoms with Crippen molar-refractivity contribution in [1.82, 2.24) is 0 Å². The van der Waals surface area contributed by atoms with Crippen LogP contribution in [0.1, 0.15) is 59.8 Å². The molecule has 0 radical (unpaired) electrons. The predicted molar refractivity (Wildman–Crippen MR) is 113 cm³/mol. The molecular weight excluding hydrogens is 338 g/mol. The monoisotopic (exact) mass is 370 g/mol. The summed E-state index contributed by atoms with van der Waals surface area (Å²) in [5.41, 5.74) is 2.48. The van der Waals surface area contributed by atoms with E-state index in [0.717, 1.165) is 31.5 Å². The van der Waals surface area contributed by atoms with E-state index in [4.69, 9.17) is 11.6 Å². The summed E-state index contributed by atoms with van der Waals surface area (Å²) in [5, 5.41) is 3.80. The summed E-state index contributed by atoms with van der Waals surface area (Å²) in [6, 6.07) is 9.43. The molecule has 23 heavy (non-hydrogen) atoms. The molecule has 0 nitrogen and oxygen atoms in total. The van der Waals surface area contributed by atoms with Gasteiger partial charge in [0, 0.05) is 0 Å². The normalized spacial score (nSPS) is 40.0. The van der Waals surface area contributed by atoms with Crippen LogP contribution in [0.2, 0.25) is 0 Å². The average molecular weight is 371 g/mol. The third-order valence-corrected chi connectivity index (χ3v) is 16.2. The summed E-state index contributed by atoms with van der Waals surface area (Å²) in [6.07, 6.45) is 6.71. The van der Waals surface area contributed by atoms with Crippen molar-refractivity contribution in [3.05, 3.63) is 24.3 Å². The molecule has 0 saturated carbocycles. The molecule has 1 fully saturated rings. The van der Waals surface area contributed by atoms with Crippen LogP contribution in [0.4, 0.5) is 0 Å². The molecule has 130 valence electrons. The van der Waals surface area contributed by atoms with E-state index in [-0.39, 0.29) is 0 Å². The van der Waals surface area contributed by atoms with Crippen LogP contribution in [-0.2, 0) is 0 Å². The van der Waals surface area contributed by atoms with Gasteiger partial charge in [0.2, 0.25) is 0 Å². The fraction of sp³-hybridized carbons (Fsp3) is 0.700. The molecule has 3 rings (SSSR count). The number of hydrogen-bond acceptors (Lipinski definition) is 0. The fourth-order valence-corrected chi connectivity index (χ4v) is 16.0. The summed E-state index contributed by atoms with van der Waals surface area (Å²) < 4.78 is 0. The molecule has 1 aromatic rings. The van der Waals surface area contributed by atoms with Crippen molar-refractivity contribution in [2.75, 3.05) is 0 Å². The molecule has 3 heteroatoms. The molecule has 0 aromatic heterocycles. The molecule has 0 amide bonds. The topological polar surface area (TPSA) is 0 Å².